The molecule has 0 aliphatic carbocycles. The van der Waals surface area contributed by atoms with Gasteiger partial charge in [-0.15, -0.1) is 11.3 Å². The second-order valence-corrected chi connectivity index (χ2v) is 7.60. The third kappa shape index (κ3) is 3.32. The molecule has 0 unspecified atom stereocenters. The van der Waals surface area contributed by atoms with Crippen LogP contribution in [0.4, 0.5) is 5.69 Å². The van der Waals surface area contributed by atoms with E-state index in [0.717, 1.165) is 16.0 Å². The summed E-state index contributed by atoms with van der Waals surface area (Å²) < 4.78 is 6.57. The predicted octanol–water partition coefficient (Wildman–Crippen LogP) is 3.68. The van der Waals surface area contributed by atoms with Gasteiger partial charge in [0.2, 0.25) is 5.91 Å². The second-order valence-electron chi connectivity index (χ2n) is 5.99. The number of fused-ring (bicyclic) bond motifs is 1. The Labute approximate surface area is 159 Å². The van der Waals surface area contributed by atoms with Crippen molar-refractivity contribution >= 4 is 44.7 Å². The van der Waals surface area contributed by atoms with Gasteiger partial charge in [0.1, 0.15) is 17.1 Å². The largest absolute Gasteiger partial charge is 0.495 e. The molecule has 1 N–H and O–H groups in total. The van der Waals surface area contributed by atoms with Crippen molar-refractivity contribution in [1.29, 1.82) is 0 Å². The maximum absolute atomic E-state index is 12.7. The lowest BCUT2D eigenvalue weighted by Gasteiger charge is -2.13. The molecule has 0 aliphatic heterocycles. The Hall–Kier alpha value is -2.38. The molecule has 0 saturated carbocycles. The Kier molecular flexibility index (Phi) is 5.02. The first-order valence-electron chi connectivity index (χ1n) is 7.91. The number of carbonyl (C=O) groups is 1. The number of amides is 1. The van der Waals surface area contributed by atoms with Crippen LogP contribution in [0.15, 0.2) is 23.3 Å². The first-order chi connectivity index (χ1) is 12.3. The third-order valence-electron chi connectivity index (χ3n) is 4.22. The number of hydrogen-bond acceptors (Lipinski definition) is 5. The van der Waals surface area contributed by atoms with Gasteiger partial charge in [0.15, 0.2) is 0 Å². The summed E-state index contributed by atoms with van der Waals surface area (Å²) in [6.45, 7) is 5.54. The number of aryl methyl sites for hydroxylation is 3. The highest BCUT2D eigenvalue weighted by atomic mass is 35.5. The Morgan fingerprint density at radius 2 is 2.08 bits per heavy atom. The van der Waals surface area contributed by atoms with Gasteiger partial charge in [-0.25, -0.2) is 4.98 Å². The van der Waals surface area contributed by atoms with Crippen molar-refractivity contribution in [2.45, 2.75) is 27.3 Å². The topological polar surface area (TPSA) is 73.2 Å². The number of aromatic nitrogens is 2. The average Bonchev–Trinajstić information content (AvgIpc) is 2.88. The molecular weight excluding hydrogens is 374 g/mol. The van der Waals surface area contributed by atoms with E-state index in [1.54, 1.807) is 12.1 Å². The number of halogens is 1. The van der Waals surface area contributed by atoms with Gasteiger partial charge in [0, 0.05) is 16.0 Å². The monoisotopic (exact) mass is 391 g/mol. The van der Waals surface area contributed by atoms with Crippen molar-refractivity contribution in [3.63, 3.8) is 0 Å². The highest BCUT2D eigenvalue weighted by Gasteiger charge is 2.15. The summed E-state index contributed by atoms with van der Waals surface area (Å²) in [7, 11) is 1.50. The molecule has 6 nitrogen and oxygen atoms in total. The van der Waals surface area contributed by atoms with Gasteiger partial charge in [0.05, 0.1) is 24.5 Å². The maximum atomic E-state index is 12.7. The van der Waals surface area contributed by atoms with Crippen LogP contribution in [0.5, 0.6) is 5.75 Å². The van der Waals surface area contributed by atoms with Crippen LogP contribution in [0.3, 0.4) is 0 Å². The van der Waals surface area contributed by atoms with Crippen molar-refractivity contribution in [2.75, 3.05) is 12.4 Å². The molecule has 8 heteroatoms. The fraction of sp³-hybridized carbons (Fsp3) is 0.278. The standard InChI is InChI=1S/C18H18ClN3O3S/c1-9-5-13(14(25-4)6-12(9)19)21-15(23)7-22-8-20-17-16(18(22)24)10(2)11(3)26-17/h5-6,8H,7H2,1-4H3,(H,21,23). The number of anilines is 1. The van der Waals surface area contributed by atoms with Gasteiger partial charge < -0.3 is 10.1 Å². The molecular formula is C18H18ClN3O3S. The number of carbonyl (C=O) groups excluding carboxylic acids is 1. The van der Waals surface area contributed by atoms with E-state index < -0.39 is 0 Å². The second kappa shape index (κ2) is 7.09. The van der Waals surface area contributed by atoms with E-state index in [1.165, 1.54) is 29.3 Å². The maximum Gasteiger partial charge on any atom is 0.262 e. The van der Waals surface area contributed by atoms with Crippen LogP contribution in [-0.4, -0.2) is 22.6 Å². The van der Waals surface area contributed by atoms with E-state index in [9.17, 15) is 9.59 Å². The molecule has 0 radical (unpaired) electrons. The molecule has 0 aliphatic rings. The quantitative estimate of drug-likeness (QED) is 0.736. The molecule has 2 aromatic heterocycles. The van der Waals surface area contributed by atoms with Crippen LogP contribution in [0, 0.1) is 20.8 Å². The number of nitrogens with one attached hydrogen (secondary N) is 1. The van der Waals surface area contributed by atoms with Crippen LogP contribution in [-0.2, 0) is 11.3 Å². The molecule has 2 heterocycles. The summed E-state index contributed by atoms with van der Waals surface area (Å²) in [6.07, 6.45) is 1.41. The Morgan fingerprint density at radius 1 is 1.35 bits per heavy atom. The summed E-state index contributed by atoms with van der Waals surface area (Å²) in [5, 5.41) is 3.89. The molecule has 26 heavy (non-hydrogen) atoms. The van der Waals surface area contributed by atoms with Crippen molar-refractivity contribution in [1.82, 2.24) is 9.55 Å². The van der Waals surface area contributed by atoms with E-state index in [2.05, 4.69) is 10.3 Å². The van der Waals surface area contributed by atoms with E-state index in [1.807, 2.05) is 20.8 Å². The number of nitrogens with zero attached hydrogens (tertiary/aromatic N) is 2. The molecule has 0 fully saturated rings. The lowest BCUT2D eigenvalue weighted by atomic mass is 10.2. The lowest BCUT2D eigenvalue weighted by molar-refractivity contribution is -0.116. The van der Waals surface area contributed by atoms with E-state index >= 15 is 0 Å². The van der Waals surface area contributed by atoms with Crippen molar-refractivity contribution in [3.8, 4) is 5.75 Å². The first-order valence-corrected chi connectivity index (χ1v) is 9.10. The zero-order chi connectivity index (χ0) is 19.0. The smallest absolute Gasteiger partial charge is 0.262 e. The van der Waals surface area contributed by atoms with Crippen LogP contribution in [0.2, 0.25) is 5.02 Å². The molecule has 0 atom stereocenters. The highest BCUT2D eigenvalue weighted by molar-refractivity contribution is 7.18. The first kappa shape index (κ1) is 18.4. The fourth-order valence-corrected chi connectivity index (χ4v) is 3.80. The van der Waals surface area contributed by atoms with Crippen LogP contribution in [0.1, 0.15) is 16.0 Å². The van der Waals surface area contributed by atoms with Crippen LogP contribution >= 0.6 is 22.9 Å². The molecule has 0 spiro atoms. The zero-order valence-corrected chi connectivity index (χ0v) is 16.4. The molecule has 0 bridgehead atoms. The highest BCUT2D eigenvalue weighted by Crippen LogP contribution is 2.31. The molecule has 1 aromatic carbocycles. The van der Waals surface area contributed by atoms with Gasteiger partial charge in [0.25, 0.3) is 5.56 Å². The number of hydrogen-bond donors (Lipinski definition) is 1. The molecule has 1 amide bonds. The number of benzene rings is 1. The Morgan fingerprint density at radius 3 is 2.77 bits per heavy atom. The van der Waals surface area contributed by atoms with Crippen molar-refractivity contribution in [3.05, 3.63) is 49.8 Å². The van der Waals surface area contributed by atoms with Gasteiger partial charge in [-0.3, -0.25) is 14.2 Å². The molecule has 0 saturated heterocycles. The van der Waals surface area contributed by atoms with Gasteiger partial charge in [-0.1, -0.05) is 11.6 Å². The van der Waals surface area contributed by atoms with Gasteiger partial charge in [-0.05, 0) is 38.0 Å². The Bertz CT molecular complexity index is 1070. The fourth-order valence-electron chi connectivity index (χ4n) is 2.66. The third-order valence-corrected chi connectivity index (χ3v) is 5.75. The number of rotatable bonds is 4. The minimum absolute atomic E-state index is 0.138. The minimum Gasteiger partial charge on any atom is -0.495 e. The minimum atomic E-state index is -0.349. The summed E-state index contributed by atoms with van der Waals surface area (Å²) in [5.41, 5.74) is 2.01. The SMILES string of the molecule is COc1cc(Cl)c(C)cc1NC(=O)Cn1cnc2sc(C)c(C)c2c1=O. The predicted molar refractivity (Wildman–Crippen MR) is 105 cm³/mol. The van der Waals surface area contributed by atoms with E-state index in [-0.39, 0.29) is 18.0 Å². The summed E-state index contributed by atoms with van der Waals surface area (Å²) in [4.78, 5) is 31.2. The Balaban J connectivity index is 1.88. The van der Waals surface area contributed by atoms with Crippen molar-refractivity contribution < 1.29 is 9.53 Å². The summed E-state index contributed by atoms with van der Waals surface area (Å²) in [6, 6.07) is 3.37. The number of methoxy groups -OCH3 is 1. The van der Waals surface area contributed by atoms with Crippen molar-refractivity contribution in [2.24, 2.45) is 0 Å². The zero-order valence-electron chi connectivity index (χ0n) is 14.8. The van der Waals surface area contributed by atoms with Gasteiger partial charge in [-0.2, -0.15) is 0 Å². The average molecular weight is 392 g/mol. The van der Waals surface area contributed by atoms with Crippen LogP contribution in [0.25, 0.3) is 10.2 Å². The molecule has 136 valence electrons. The van der Waals surface area contributed by atoms with E-state index in [0.29, 0.717) is 26.7 Å². The molecule has 3 aromatic rings. The van der Waals surface area contributed by atoms with Crippen LogP contribution < -0.4 is 15.6 Å². The van der Waals surface area contributed by atoms with E-state index in [4.69, 9.17) is 16.3 Å². The number of thiophene rings is 1. The summed E-state index contributed by atoms with van der Waals surface area (Å²) >= 11 is 7.56. The summed E-state index contributed by atoms with van der Waals surface area (Å²) in [5.74, 6) is 0.108. The van der Waals surface area contributed by atoms with Gasteiger partial charge >= 0.3 is 0 Å². The number of ether oxygens (including phenoxy) is 1. The molecule has 3 rings (SSSR count). The lowest BCUT2D eigenvalue weighted by Crippen LogP contribution is -2.28. The normalized spacial score (nSPS) is 11.0.